The second-order valence-corrected chi connectivity index (χ2v) is 28.4. The Morgan fingerprint density at radius 1 is 0.342 bits per heavy atom. The Kier molecular flexibility index (Phi) is 38.6. The molecule has 5 heterocycles. The van der Waals surface area contributed by atoms with Crippen molar-refractivity contribution in [2.24, 2.45) is 7.05 Å². The van der Waals surface area contributed by atoms with E-state index in [0.717, 1.165) is 33.9 Å². The molecule has 0 bridgehead atoms. The van der Waals surface area contributed by atoms with Gasteiger partial charge in [-0.15, -0.1) is 0 Å². The van der Waals surface area contributed by atoms with E-state index in [2.05, 4.69) is 22.9 Å². The minimum Gasteiger partial charge on any atom is -0.490 e. The molecule has 0 saturated carbocycles. The number of nitrogens with zero attached hydrogens (tertiary/aromatic N) is 5. The van der Waals surface area contributed by atoms with Gasteiger partial charge in [-0.1, -0.05) is 69.9 Å². The van der Waals surface area contributed by atoms with Crippen LogP contribution in [0.5, 0.6) is 5.75 Å². The molecule has 0 aliphatic carbocycles. The van der Waals surface area contributed by atoms with Gasteiger partial charge in [0.25, 0.3) is 23.6 Å². The first-order chi connectivity index (χ1) is 59.1. The van der Waals surface area contributed by atoms with Gasteiger partial charge in [-0.05, 0) is 114 Å². The van der Waals surface area contributed by atoms with E-state index in [0.29, 0.717) is 313 Å². The first-order valence-electron chi connectivity index (χ1n) is 42.0. The predicted octanol–water partition coefficient (Wildman–Crippen LogP) is 11.6. The van der Waals surface area contributed by atoms with Crippen LogP contribution in [0.1, 0.15) is 106 Å². The number of hydrogen-bond donors (Lipinski definition) is 0. The number of imide groups is 2. The summed E-state index contributed by atoms with van der Waals surface area (Å²) in [4.78, 5) is 72.5. The number of aromatic nitrogens is 3. The van der Waals surface area contributed by atoms with E-state index < -0.39 is 11.8 Å². The van der Waals surface area contributed by atoms with Gasteiger partial charge >= 0.3 is 0 Å². The average Bonchev–Trinajstić information content (AvgIpc) is 0.679. The van der Waals surface area contributed by atoms with Crippen molar-refractivity contribution in [3.63, 3.8) is 0 Å². The summed E-state index contributed by atoms with van der Waals surface area (Å²) in [5.41, 5.74) is 7.85. The van der Waals surface area contributed by atoms with Gasteiger partial charge in [-0.3, -0.25) is 34.0 Å². The quantitative estimate of drug-likeness (QED) is 0.00855. The van der Waals surface area contributed by atoms with Crippen molar-refractivity contribution < 1.29 is 109 Å². The first-order valence-corrected chi connectivity index (χ1v) is 42.0. The first kappa shape index (κ1) is 91.8. The monoisotopic (exact) mass is 1650 g/mol. The van der Waals surface area contributed by atoms with Gasteiger partial charge in [0.05, 0.1) is 235 Å². The number of carbonyl (C=O) groups is 4. The highest BCUT2D eigenvalue weighted by Gasteiger charge is 2.41. The van der Waals surface area contributed by atoms with Crippen molar-refractivity contribution in [2.45, 2.75) is 65.5 Å². The Morgan fingerprint density at radius 3 is 1.12 bits per heavy atom. The molecule has 2 aliphatic rings. The Hall–Kier alpha value is -8.97. The summed E-state index contributed by atoms with van der Waals surface area (Å²) >= 11 is 0. The Labute approximate surface area is 702 Å². The molecule has 2 aliphatic heterocycles. The average molecular weight is 1660 g/mol. The Morgan fingerprint density at radius 2 is 0.717 bits per heavy atom. The fraction of sp³-hybridized carbons (Fsp3) is 0.495. The maximum atomic E-state index is 15.2. The number of carbonyl (C=O) groups excluding carboxylic acids is 4. The number of rotatable bonds is 61. The number of methoxy groups -OCH3 is 1. The van der Waals surface area contributed by atoms with Crippen molar-refractivity contribution in [3.8, 4) is 51.5 Å². The summed E-state index contributed by atoms with van der Waals surface area (Å²) in [7, 11) is 3.64. The lowest BCUT2D eigenvalue weighted by atomic mass is 9.80. The summed E-state index contributed by atoms with van der Waals surface area (Å²) in [6.07, 6.45) is 6.06. The lowest BCUT2D eigenvalue weighted by Crippen LogP contribution is -2.46. The molecular formula is C93H116N5O22+. The Bertz CT molecular complexity index is 4740. The number of fused-ring (bicyclic) bond motifs is 2. The third-order valence-corrected chi connectivity index (χ3v) is 20.6. The van der Waals surface area contributed by atoms with Gasteiger partial charge in [0, 0.05) is 97.7 Å². The van der Waals surface area contributed by atoms with Crippen LogP contribution in [0.4, 0.5) is 0 Å². The largest absolute Gasteiger partial charge is 0.490 e. The minimum absolute atomic E-state index is 0.0922. The van der Waals surface area contributed by atoms with Gasteiger partial charge in [0.1, 0.15) is 25.1 Å². The number of aryl methyl sites for hydroxylation is 1. The van der Waals surface area contributed by atoms with Gasteiger partial charge in [-0.25, -0.2) is 4.98 Å². The molecule has 0 saturated heterocycles. The van der Waals surface area contributed by atoms with Crippen molar-refractivity contribution >= 4 is 66.7 Å². The molecule has 0 fully saturated rings. The van der Waals surface area contributed by atoms with Gasteiger partial charge in [0.15, 0.2) is 6.20 Å². The van der Waals surface area contributed by atoms with Crippen LogP contribution < -0.4 is 9.30 Å². The molecular weight excluding hydrogens is 1540 g/mol. The van der Waals surface area contributed by atoms with Crippen LogP contribution in [0.25, 0.3) is 77.0 Å². The third-order valence-electron chi connectivity index (χ3n) is 20.6. The number of amides is 4. The second-order valence-electron chi connectivity index (χ2n) is 28.4. The molecule has 4 amide bonds. The zero-order valence-electron chi connectivity index (χ0n) is 70.3. The highest BCUT2D eigenvalue weighted by atomic mass is 16.6. The van der Waals surface area contributed by atoms with Crippen LogP contribution >= 0.6 is 0 Å². The van der Waals surface area contributed by atoms with Crippen LogP contribution in [0.2, 0.25) is 0 Å². The van der Waals surface area contributed by atoms with Gasteiger partial charge < -0.3 is 85.3 Å². The van der Waals surface area contributed by atoms with E-state index in [9.17, 15) is 9.59 Å². The van der Waals surface area contributed by atoms with E-state index in [1.54, 1.807) is 31.5 Å². The highest BCUT2D eigenvalue weighted by Crippen LogP contribution is 2.51. The fourth-order valence-electron chi connectivity index (χ4n) is 14.6. The normalized spacial score (nSPS) is 12.9. The van der Waals surface area contributed by atoms with E-state index in [4.69, 9.17) is 90.2 Å². The third kappa shape index (κ3) is 25.4. The molecule has 644 valence electrons. The zero-order valence-corrected chi connectivity index (χ0v) is 70.3. The summed E-state index contributed by atoms with van der Waals surface area (Å²) in [6.45, 7) is 22.8. The van der Waals surface area contributed by atoms with Gasteiger partial charge in [-0.2, -0.15) is 4.57 Å². The molecule has 11 rings (SSSR count). The lowest BCUT2D eigenvalue weighted by Gasteiger charge is -2.35. The molecule has 0 unspecified atom stereocenters. The van der Waals surface area contributed by atoms with Crippen molar-refractivity contribution in [2.75, 3.05) is 232 Å². The topological polar surface area (TPSA) is 271 Å². The number of pyridine rings is 3. The number of benzene rings is 6. The molecule has 0 atom stereocenters. The second kappa shape index (κ2) is 50.4. The lowest BCUT2D eigenvalue weighted by molar-refractivity contribution is -0.660. The molecule has 0 spiro atoms. The fourth-order valence-corrected chi connectivity index (χ4v) is 14.6. The van der Waals surface area contributed by atoms with E-state index in [1.165, 1.54) is 9.80 Å². The smallest absolute Gasteiger partial charge is 0.261 e. The number of ether oxygens (including phenoxy) is 18. The van der Waals surface area contributed by atoms with Crippen LogP contribution in [-0.2, 0) is 87.6 Å². The van der Waals surface area contributed by atoms with Crippen LogP contribution in [-0.4, -0.2) is 287 Å². The van der Waals surface area contributed by atoms with Crippen molar-refractivity contribution in [1.82, 2.24) is 19.8 Å². The van der Waals surface area contributed by atoms with Crippen molar-refractivity contribution in [3.05, 3.63) is 155 Å². The molecule has 0 N–H and O–H groups in total. The molecule has 27 nitrogen and oxygen atoms in total. The van der Waals surface area contributed by atoms with Crippen LogP contribution in [0.15, 0.2) is 122 Å². The Balaban J connectivity index is 0.587. The van der Waals surface area contributed by atoms with E-state index in [1.807, 2.05) is 130 Å². The van der Waals surface area contributed by atoms with Gasteiger partial charge in [0.2, 0.25) is 5.69 Å². The maximum absolute atomic E-state index is 15.2. The number of hydrogen-bond acceptors (Lipinski definition) is 24. The summed E-state index contributed by atoms with van der Waals surface area (Å²) in [5, 5.41) is 5.00. The summed E-state index contributed by atoms with van der Waals surface area (Å²) < 4.78 is 103. The molecule has 27 heteroatoms. The molecule has 120 heavy (non-hydrogen) atoms. The summed E-state index contributed by atoms with van der Waals surface area (Å²) in [5.74, 6) is 5.84. The minimum atomic E-state index is -0.409. The van der Waals surface area contributed by atoms with Crippen LogP contribution in [0.3, 0.4) is 0 Å². The van der Waals surface area contributed by atoms with Crippen LogP contribution in [0, 0.1) is 11.8 Å². The zero-order chi connectivity index (χ0) is 83.9. The molecule has 3 aromatic heterocycles. The SMILES string of the molecule is CCC(CC)N1C(=O)c2ccc3c4c(OCCOCCOCCOCCOCCOCCOCCOCCOCCOCCOCCOCCOCCOCCOCCOCCOCCOC)cc5c6c(ccc(c7c(C#Cc8ccc(-c9cc(-c%10ccccn%10)nc(-c%10cccc[n+]%10C)c9)cc8)cc(c2c37)C1=O)c64)C(=O)N(C(CC)CC)C5=O. The standard InChI is InChI=1S/C93H116N5O22/c1-7-71(8-2)97-90(99)75-26-24-74-87-83(120-62-61-119-60-59-118-58-57-117-56-55-116-54-53-115-52-51-114-50-49-113-48-47-112-46-45-111-44-43-110-42-41-109-40-39-108-38-37-107-36-35-106-34-33-105-32-31-104-30-29-103-6)66-78-86-76(91(100)98(93(78)102)72(9-3)10-4)25-23-73(89(86)87)84-69(63-77(92(97)101)85(75)88(74)84)22-19-67-17-20-68(21-18-67)70-64-80(79-15-11-13-27-94-79)95-81(65-70)82-16-12-14-28-96(82)5/h11-18,20-21,23-28,63-66,71-72H,7-10,29-62H2,1-6H3/q+1. The maximum Gasteiger partial charge on any atom is 0.261 e. The molecule has 9 aromatic rings. The predicted molar refractivity (Wildman–Crippen MR) is 453 cm³/mol. The van der Waals surface area contributed by atoms with E-state index >= 15 is 9.59 Å². The van der Waals surface area contributed by atoms with Crippen molar-refractivity contribution in [1.29, 1.82) is 0 Å². The molecule has 0 radical (unpaired) electrons. The summed E-state index contributed by atoms with van der Waals surface area (Å²) in [6, 6.07) is 34.3. The molecule has 6 aromatic carbocycles. The van der Waals surface area contributed by atoms with E-state index in [-0.39, 0.29) is 43.7 Å². The highest BCUT2D eigenvalue weighted by molar-refractivity contribution is 6.43.